The zero-order chi connectivity index (χ0) is 31.8. The first-order valence-electron chi connectivity index (χ1n) is 20.3. The number of amides is 1. The third kappa shape index (κ3) is 28.0. The van der Waals surface area contributed by atoms with Crippen LogP contribution in [-0.2, 0) is 4.79 Å². The fourth-order valence-corrected chi connectivity index (χ4v) is 6.84. The lowest BCUT2D eigenvalue weighted by Gasteiger charge is -2.28. The number of rotatable bonds is 34. The van der Waals surface area contributed by atoms with E-state index in [0.717, 1.165) is 25.9 Å². The second-order valence-corrected chi connectivity index (χ2v) is 14.1. The Hall–Kier alpha value is -0.770. The molecule has 4 nitrogen and oxygen atoms in total. The van der Waals surface area contributed by atoms with Gasteiger partial charge in [0.05, 0.1) is 12.7 Å². The van der Waals surface area contributed by atoms with Gasteiger partial charge in [0.15, 0.2) is 0 Å². The summed E-state index contributed by atoms with van der Waals surface area (Å²) in [6, 6.07) is 0. The maximum Gasteiger partial charge on any atom is 0.221 e. The summed E-state index contributed by atoms with van der Waals surface area (Å²) in [5.41, 5.74) is 0. The minimum Gasteiger partial charge on any atom is -0.338 e. The summed E-state index contributed by atoms with van der Waals surface area (Å²) in [7, 11) is 0. The van der Waals surface area contributed by atoms with Crippen molar-refractivity contribution in [2.75, 3.05) is 13.1 Å². The van der Waals surface area contributed by atoms with Gasteiger partial charge in [-0.25, -0.2) is 0 Å². The smallest absolute Gasteiger partial charge is 0.221 e. The number of carbonyl (C=O) groups excluding carboxylic acids is 1. The van der Waals surface area contributed by atoms with Crippen molar-refractivity contribution < 1.29 is 4.79 Å². The van der Waals surface area contributed by atoms with Crippen molar-refractivity contribution in [2.24, 2.45) is 4.99 Å². The van der Waals surface area contributed by atoms with E-state index in [4.69, 9.17) is 4.99 Å². The molecule has 0 aromatic carbocycles. The highest BCUT2D eigenvalue weighted by atomic mass is 35.5. The number of unbranched alkanes of at least 4 members (excludes halogenated alkanes) is 28. The van der Waals surface area contributed by atoms with E-state index in [0.29, 0.717) is 6.42 Å². The Morgan fingerprint density at radius 2 is 0.911 bits per heavy atom. The van der Waals surface area contributed by atoms with Crippen LogP contribution in [0.4, 0.5) is 0 Å². The van der Waals surface area contributed by atoms with Gasteiger partial charge in [-0.2, -0.15) is 0 Å². The summed E-state index contributed by atoms with van der Waals surface area (Å²) in [4.78, 5) is 19.7. The zero-order valence-electron chi connectivity index (χ0n) is 30.8. The van der Waals surface area contributed by atoms with Crippen LogP contribution in [0.3, 0.4) is 0 Å². The van der Waals surface area contributed by atoms with E-state index in [1.54, 1.807) is 0 Å². The Bertz CT molecular complexity index is 655. The summed E-state index contributed by atoms with van der Waals surface area (Å²) in [5, 5.41) is 3.26. The maximum atomic E-state index is 12.6. The van der Waals surface area contributed by atoms with Crippen molar-refractivity contribution in [1.82, 2.24) is 10.2 Å². The van der Waals surface area contributed by atoms with Gasteiger partial charge in [0.2, 0.25) is 5.91 Å². The van der Waals surface area contributed by atoms with Crippen LogP contribution < -0.4 is 5.32 Å². The number of amidine groups is 1. The van der Waals surface area contributed by atoms with Crippen molar-refractivity contribution in [3.8, 4) is 0 Å². The molecular weight excluding hydrogens is 574 g/mol. The third-order valence-electron chi connectivity index (χ3n) is 9.82. The largest absolute Gasteiger partial charge is 0.338 e. The number of hydrogen-bond donors (Lipinski definition) is 1. The second kappa shape index (κ2) is 34.6. The number of aliphatic imine (C=N–C) groups is 1. The van der Waals surface area contributed by atoms with E-state index in [-0.39, 0.29) is 24.5 Å². The first-order valence-corrected chi connectivity index (χ1v) is 20.3. The summed E-state index contributed by atoms with van der Waals surface area (Å²) >= 11 is 0. The normalized spacial score (nSPS) is 13.6. The van der Waals surface area contributed by atoms with E-state index >= 15 is 0 Å². The standard InChI is InChI=1S/C40H79N3O.ClH/c1-4-6-8-10-12-14-16-18-20-22-24-26-28-30-32-34-39-41-36-37-43(39)38(3)42-40(44)35-33-31-29-27-25-23-21-19-17-15-13-11-9-7-5-2;/h38H,4-37H2,1-3H3,(H,42,44);1H. The van der Waals surface area contributed by atoms with Crippen molar-refractivity contribution >= 4 is 24.1 Å². The molecule has 1 amide bonds. The van der Waals surface area contributed by atoms with E-state index in [1.807, 2.05) is 0 Å². The molecule has 0 aromatic heterocycles. The quantitative estimate of drug-likeness (QED) is 0.0702. The van der Waals surface area contributed by atoms with Crippen LogP contribution in [0.25, 0.3) is 0 Å². The molecular formula is C40H80ClN3O. The summed E-state index contributed by atoms with van der Waals surface area (Å²) in [5.74, 6) is 1.44. The summed E-state index contributed by atoms with van der Waals surface area (Å²) in [6.07, 6.45) is 43.2. The van der Waals surface area contributed by atoms with Crippen molar-refractivity contribution in [2.45, 2.75) is 232 Å². The molecule has 45 heavy (non-hydrogen) atoms. The minimum atomic E-state index is 0. The molecule has 1 N–H and O–H groups in total. The molecule has 1 unspecified atom stereocenters. The fourth-order valence-electron chi connectivity index (χ4n) is 6.84. The zero-order valence-corrected chi connectivity index (χ0v) is 31.6. The predicted octanol–water partition coefficient (Wildman–Crippen LogP) is 13.1. The highest BCUT2D eigenvalue weighted by molar-refractivity contribution is 5.85. The van der Waals surface area contributed by atoms with Crippen LogP contribution >= 0.6 is 12.4 Å². The number of hydrogen-bond acceptors (Lipinski definition) is 3. The van der Waals surface area contributed by atoms with Gasteiger partial charge >= 0.3 is 0 Å². The number of nitrogens with one attached hydrogen (secondary N) is 1. The Kier molecular flexibility index (Phi) is 34.0. The monoisotopic (exact) mass is 654 g/mol. The summed E-state index contributed by atoms with van der Waals surface area (Å²) < 4.78 is 0. The summed E-state index contributed by atoms with van der Waals surface area (Å²) in [6.45, 7) is 8.56. The van der Waals surface area contributed by atoms with Gasteiger partial charge in [0.25, 0.3) is 0 Å². The molecule has 5 heteroatoms. The van der Waals surface area contributed by atoms with Gasteiger partial charge in [-0.1, -0.05) is 194 Å². The van der Waals surface area contributed by atoms with Crippen LogP contribution in [0.2, 0.25) is 0 Å². The highest BCUT2D eigenvalue weighted by Gasteiger charge is 2.22. The molecule has 1 rings (SSSR count). The van der Waals surface area contributed by atoms with Gasteiger partial charge in [-0.15, -0.1) is 12.4 Å². The molecule has 1 heterocycles. The van der Waals surface area contributed by atoms with Gasteiger partial charge in [0.1, 0.15) is 5.84 Å². The van der Waals surface area contributed by atoms with Crippen molar-refractivity contribution in [3.05, 3.63) is 0 Å². The lowest BCUT2D eigenvalue weighted by atomic mass is 10.0. The van der Waals surface area contributed by atoms with Crippen molar-refractivity contribution in [3.63, 3.8) is 0 Å². The van der Waals surface area contributed by atoms with Crippen molar-refractivity contribution in [1.29, 1.82) is 0 Å². The molecule has 0 fully saturated rings. The molecule has 268 valence electrons. The van der Waals surface area contributed by atoms with Gasteiger partial charge < -0.3 is 10.2 Å². The van der Waals surface area contributed by atoms with Crippen LogP contribution in [-0.4, -0.2) is 35.9 Å². The molecule has 0 saturated carbocycles. The molecule has 0 saturated heterocycles. The Labute approximate surface area is 288 Å². The van der Waals surface area contributed by atoms with E-state index < -0.39 is 0 Å². The number of carbonyl (C=O) groups is 1. The lowest BCUT2D eigenvalue weighted by molar-refractivity contribution is -0.122. The van der Waals surface area contributed by atoms with Crippen LogP contribution in [0.5, 0.6) is 0 Å². The molecule has 0 bridgehead atoms. The van der Waals surface area contributed by atoms with E-state index in [9.17, 15) is 4.79 Å². The van der Waals surface area contributed by atoms with Crippen LogP contribution in [0.15, 0.2) is 4.99 Å². The average Bonchev–Trinajstić information content (AvgIpc) is 3.50. The molecule has 0 spiro atoms. The first kappa shape index (κ1) is 44.2. The van der Waals surface area contributed by atoms with Gasteiger partial charge in [-0.05, 0) is 19.8 Å². The third-order valence-corrected chi connectivity index (χ3v) is 9.82. The van der Waals surface area contributed by atoms with E-state index in [1.165, 1.54) is 192 Å². The molecule has 1 aliphatic rings. The van der Waals surface area contributed by atoms with Crippen LogP contribution in [0, 0.1) is 0 Å². The molecule has 0 aliphatic carbocycles. The minimum absolute atomic E-state index is 0. The Balaban J connectivity index is 0.0000194. The topological polar surface area (TPSA) is 44.7 Å². The molecule has 1 atom stereocenters. The second-order valence-electron chi connectivity index (χ2n) is 14.1. The van der Waals surface area contributed by atoms with Gasteiger partial charge in [0, 0.05) is 19.4 Å². The van der Waals surface area contributed by atoms with Crippen LogP contribution in [0.1, 0.15) is 226 Å². The Morgan fingerprint density at radius 3 is 1.29 bits per heavy atom. The molecule has 0 aromatic rings. The average molecular weight is 655 g/mol. The first-order chi connectivity index (χ1) is 21.7. The Morgan fingerprint density at radius 1 is 0.578 bits per heavy atom. The maximum absolute atomic E-state index is 12.6. The predicted molar refractivity (Wildman–Crippen MR) is 203 cm³/mol. The molecule has 1 aliphatic heterocycles. The fraction of sp³-hybridized carbons (Fsp3) is 0.950. The number of halogens is 1. The van der Waals surface area contributed by atoms with Gasteiger partial charge in [-0.3, -0.25) is 9.79 Å². The lowest BCUT2D eigenvalue weighted by Crippen LogP contribution is -2.47. The number of nitrogens with zero attached hydrogens (tertiary/aromatic N) is 2. The van der Waals surface area contributed by atoms with E-state index in [2.05, 4.69) is 31.0 Å². The SMILES string of the molecule is CCCCCCCCCCCCCCCCCC(=O)NC(C)N1CCN=C1CCCCCCCCCCCCCCCCC.Cl. The molecule has 0 radical (unpaired) electrons. The highest BCUT2D eigenvalue weighted by Crippen LogP contribution is 2.17.